The second-order valence-electron chi connectivity index (χ2n) is 5.68. The number of anilines is 1. The van der Waals surface area contributed by atoms with Crippen LogP contribution >= 0.6 is 0 Å². The minimum atomic E-state index is -0.495. The van der Waals surface area contributed by atoms with E-state index in [0.29, 0.717) is 19.5 Å². The molecule has 2 aromatic rings. The number of pyridine rings is 2. The molecule has 120 valence electrons. The smallest absolute Gasteiger partial charge is 0.239 e. The summed E-state index contributed by atoms with van der Waals surface area (Å²) < 4.78 is 0. The molecule has 0 unspecified atom stereocenters. The Morgan fingerprint density at radius 1 is 1.00 bits per heavy atom. The molecule has 0 saturated carbocycles. The van der Waals surface area contributed by atoms with Gasteiger partial charge in [0.25, 0.3) is 0 Å². The summed E-state index contributed by atoms with van der Waals surface area (Å²) in [6, 6.07) is 7.28. The van der Waals surface area contributed by atoms with Crippen molar-refractivity contribution in [2.45, 2.75) is 12.5 Å². The fraction of sp³-hybridized carbons (Fsp3) is 0.353. The third kappa shape index (κ3) is 3.84. The highest BCUT2D eigenvalue weighted by molar-refractivity contribution is 5.82. The van der Waals surface area contributed by atoms with Gasteiger partial charge in [0.15, 0.2) is 0 Å². The fourth-order valence-electron chi connectivity index (χ4n) is 2.83. The molecule has 6 nitrogen and oxygen atoms in total. The number of carbonyl (C=O) groups excluding carboxylic acids is 1. The number of piperazine rings is 1. The highest BCUT2D eigenvalue weighted by atomic mass is 16.2. The van der Waals surface area contributed by atoms with Gasteiger partial charge >= 0.3 is 0 Å². The van der Waals surface area contributed by atoms with Crippen molar-refractivity contribution in [3.63, 3.8) is 0 Å². The van der Waals surface area contributed by atoms with Gasteiger partial charge in [-0.05, 0) is 36.2 Å². The topological polar surface area (TPSA) is 75.3 Å². The van der Waals surface area contributed by atoms with E-state index in [4.69, 9.17) is 5.73 Å². The number of hydrogen-bond acceptors (Lipinski definition) is 5. The molecule has 0 aromatic carbocycles. The first-order valence-electron chi connectivity index (χ1n) is 7.82. The molecule has 0 bridgehead atoms. The summed E-state index contributed by atoms with van der Waals surface area (Å²) in [7, 11) is 0. The van der Waals surface area contributed by atoms with Crippen LogP contribution in [-0.4, -0.2) is 53.0 Å². The first kappa shape index (κ1) is 15.4. The van der Waals surface area contributed by atoms with Crippen LogP contribution in [0.3, 0.4) is 0 Å². The van der Waals surface area contributed by atoms with E-state index in [0.717, 1.165) is 24.3 Å². The number of hydrogen-bond donors (Lipinski definition) is 1. The molecule has 1 aliphatic heterocycles. The Morgan fingerprint density at radius 3 is 2.17 bits per heavy atom. The van der Waals surface area contributed by atoms with Crippen LogP contribution in [-0.2, 0) is 11.2 Å². The standard InChI is InChI=1S/C17H21N5O/c18-16(13-14-1-5-19-6-2-14)17(23)22-11-9-21(10-12-22)15-3-7-20-8-4-15/h1-8,16H,9-13,18H2/t16-/m0/s1. The second-order valence-corrected chi connectivity index (χ2v) is 5.68. The van der Waals surface area contributed by atoms with Crippen LogP contribution in [0.4, 0.5) is 5.69 Å². The Labute approximate surface area is 135 Å². The van der Waals surface area contributed by atoms with E-state index < -0.39 is 6.04 Å². The average Bonchev–Trinajstić information content (AvgIpc) is 2.63. The number of nitrogens with two attached hydrogens (primary N) is 1. The van der Waals surface area contributed by atoms with E-state index in [1.807, 2.05) is 29.2 Å². The summed E-state index contributed by atoms with van der Waals surface area (Å²) >= 11 is 0. The molecule has 0 aliphatic carbocycles. The van der Waals surface area contributed by atoms with E-state index >= 15 is 0 Å². The maximum Gasteiger partial charge on any atom is 0.239 e. The van der Waals surface area contributed by atoms with Gasteiger partial charge in [-0.15, -0.1) is 0 Å². The van der Waals surface area contributed by atoms with Gasteiger partial charge in [0.2, 0.25) is 5.91 Å². The highest BCUT2D eigenvalue weighted by Gasteiger charge is 2.25. The van der Waals surface area contributed by atoms with Gasteiger partial charge < -0.3 is 15.5 Å². The van der Waals surface area contributed by atoms with Crippen LogP contribution in [0.25, 0.3) is 0 Å². The molecule has 6 heteroatoms. The summed E-state index contributed by atoms with van der Waals surface area (Å²) in [5.41, 5.74) is 8.28. The van der Waals surface area contributed by atoms with E-state index in [2.05, 4.69) is 14.9 Å². The van der Waals surface area contributed by atoms with Crippen LogP contribution in [0.15, 0.2) is 49.1 Å². The lowest BCUT2D eigenvalue weighted by Gasteiger charge is -2.37. The number of nitrogens with zero attached hydrogens (tertiary/aromatic N) is 4. The van der Waals surface area contributed by atoms with Gasteiger partial charge in [-0.3, -0.25) is 14.8 Å². The van der Waals surface area contributed by atoms with Gasteiger partial charge in [-0.1, -0.05) is 0 Å². The van der Waals surface area contributed by atoms with Crippen molar-refractivity contribution in [2.75, 3.05) is 31.1 Å². The minimum Gasteiger partial charge on any atom is -0.368 e. The fourth-order valence-corrected chi connectivity index (χ4v) is 2.83. The van der Waals surface area contributed by atoms with E-state index in [1.165, 1.54) is 0 Å². The number of carbonyl (C=O) groups is 1. The van der Waals surface area contributed by atoms with Gasteiger partial charge in [-0.25, -0.2) is 0 Å². The molecule has 1 saturated heterocycles. The summed E-state index contributed by atoms with van der Waals surface area (Å²) in [5.74, 6) is 0.0243. The predicted octanol–water partition coefficient (Wildman–Crippen LogP) is 0.695. The first-order chi connectivity index (χ1) is 11.2. The molecule has 3 rings (SSSR count). The van der Waals surface area contributed by atoms with Crippen molar-refractivity contribution in [1.29, 1.82) is 0 Å². The quantitative estimate of drug-likeness (QED) is 0.899. The van der Waals surface area contributed by atoms with Gasteiger partial charge in [0.05, 0.1) is 6.04 Å². The summed E-state index contributed by atoms with van der Waals surface area (Å²) in [6.45, 7) is 3.03. The largest absolute Gasteiger partial charge is 0.368 e. The maximum absolute atomic E-state index is 12.5. The normalized spacial score (nSPS) is 16.2. The second kappa shape index (κ2) is 7.19. The minimum absolute atomic E-state index is 0.0243. The SMILES string of the molecule is N[C@@H](Cc1ccncc1)C(=O)N1CCN(c2ccncc2)CC1. The molecule has 2 N–H and O–H groups in total. The van der Waals surface area contributed by atoms with Crippen molar-refractivity contribution in [2.24, 2.45) is 5.73 Å². The van der Waals surface area contributed by atoms with Gasteiger partial charge in [0, 0.05) is 56.7 Å². The molecular formula is C17H21N5O. The van der Waals surface area contributed by atoms with Crippen LogP contribution in [0.5, 0.6) is 0 Å². The van der Waals surface area contributed by atoms with Crippen LogP contribution in [0.1, 0.15) is 5.56 Å². The van der Waals surface area contributed by atoms with Crippen LogP contribution < -0.4 is 10.6 Å². The first-order valence-corrected chi connectivity index (χ1v) is 7.82. The van der Waals surface area contributed by atoms with Crippen molar-refractivity contribution >= 4 is 11.6 Å². The molecule has 2 aromatic heterocycles. The Morgan fingerprint density at radius 2 is 1.57 bits per heavy atom. The summed E-state index contributed by atoms with van der Waals surface area (Å²) in [5, 5.41) is 0. The lowest BCUT2D eigenvalue weighted by atomic mass is 10.1. The zero-order valence-electron chi connectivity index (χ0n) is 13.0. The zero-order chi connectivity index (χ0) is 16.1. The van der Waals surface area contributed by atoms with Crippen LogP contribution in [0, 0.1) is 0 Å². The number of amides is 1. The Bertz CT molecular complexity index is 626. The van der Waals surface area contributed by atoms with Crippen LogP contribution in [0.2, 0.25) is 0 Å². The van der Waals surface area contributed by atoms with E-state index in [1.54, 1.807) is 24.8 Å². The molecule has 1 fully saturated rings. The van der Waals surface area contributed by atoms with E-state index in [9.17, 15) is 4.79 Å². The molecular weight excluding hydrogens is 290 g/mol. The van der Waals surface area contributed by atoms with E-state index in [-0.39, 0.29) is 5.91 Å². The Kier molecular flexibility index (Phi) is 4.83. The zero-order valence-corrected chi connectivity index (χ0v) is 13.0. The van der Waals surface area contributed by atoms with Crippen molar-refractivity contribution in [3.05, 3.63) is 54.6 Å². The van der Waals surface area contributed by atoms with Crippen molar-refractivity contribution in [3.8, 4) is 0 Å². The summed E-state index contributed by atoms with van der Waals surface area (Å²) in [4.78, 5) is 24.6. The Balaban J connectivity index is 1.54. The highest BCUT2D eigenvalue weighted by Crippen LogP contribution is 2.15. The molecule has 0 spiro atoms. The number of aromatic nitrogens is 2. The lowest BCUT2D eigenvalue weighted by Crippen LogP contribution is -2.53. The molecule has 1 aliphatic rings. The molecule has 1 atom stereocenters. The molecule has 0 radical (unpaired) electrons. The van der Waals surface area contributed by atoms with Crippen molar-refractivity contribution < 1.29 is 4.79 Å². The third-order valence-electron chi connectivity index (χ3n) is 4.14. The monoisotopic (exact) mass is 311 g/mol. The Hall–Kier alpha value is -2.47. The lowest BCUT2D eigenvalue weighted by molar-refractivity contribution is -0.132. The van der Waals surface area contributed by atoms with Gasteiger partial charge in [-0.2, -0.15) is 0 Å². The average molecular weight is 311 g/mol. The van der Waals surface area contributed by atoms with Gasteiger partial charge in [0.1, 0.15) is 0 Å². The molecule has 23 heavy (non-hydrogen) atoms. The predicted molar refractivity (Wildman–Crippen MR) is 88.9 cm³/mol. The molecule has 3 heterocycles. The third-order valence-corrected chi connectivity index (χ3v) is 4.14. The summed E-state index contributed by atoms with van der Waals surface area (Å²) in [6.07, 6.45) is 7.57. The number of rotatable bonds is 4. The van der Waals surface area contributed by atoms with Crippen molar-refractivity contribution in [1.82, 2.24) is 14.9 Å². The maximum atomic E-state index is 12.5. The molecule has 1 amide bonds.